The predicted molar refractivity (Wildman–Crippen MR) is 198 cm³/mol. The molecule has 13 heteroatoms. The van der Waals surface area contributed by atoms with Crippen LogP contribution in [0, 0.1) is 17.8 Å². The highest BCUT2D eigenvalue weighted by atomic mass is 35.5. The molecule has 2 aliphatic rings. The summed E-state index contributed by atoms with van der Waals surface area (Å²) in [6, 6.07) is 21.3. The first-order chi connectivity index (χ1) is 24.6. The van der Waals surface area contributed by atoms with Crippen LogP contribution in [0.25, 0.3) is 21.8 Å². The number of anilines is 1. The summed E-state index contributed by atoms with van der Waals surface area (Å²) >= 11 is 6.11. The first kappa shape index (κ1) is 35.5. The molecular weight excluding hydrogens is 668 g/mol. The van der Waals surface area contributed by atoms with Crippen LogP contribution in [0.2, 0.25) is 5.02 Å². The first-order valence-corrected chi connectivity index (χ1v) is 17.6. The number of aromatic amines is 2. The van der Waals surface area contributed by atoms with E-state index in [1.165, 1.54) is 25.5 Å². The van der Waals surface area contributed by atoms with Crippen LogP contribution in [-0.4, -0.2) is 88.4 Å². The van der Waals surface area contributed by atoms with Crippen LogP contribution in [0.3, 0.4) is 0 Å². The monoisotopic (exact) mass is 710 g/mol. The van der Waals surface area contributed by atoms with Gasteiger partial charge in [-0.15, -0.1) is 0 Å². The van der Waals surface area contributed by atoms with E-state index in [0.29, 0.717) is 41.6 Å². The summed E-state index contributed by atoms with van der Waals surface area (Å²) in [5.41, 5.74) is 10.2. The Hall–Kier alpha value is -5.36. The van der Waals surface area contributed by atoms with Crippen molar-refractivity contribution in [3.8, 4) is 0 Å². The fraction of sp³-hybridized carbons (Fsp3) is 0.342. The number of H-pyrrole nitrogens is 2. The zero-order chi connectivity index (χ0) is 36.1. The van der Waals surface area contributed by atoms with Gasteiger partial charge >= 0.3 is 0 Å². The minimum atomic E-state index is -0.577. The van der Waals surface area contributed by atoms with E-state index >= 15 is 0 Å². The number of halogens is 1. The zero-order valence-corrected chi connectivity index (χ0v) is 29.5. The number of likely N-dealkylation sites (N-methyl/N-ethyl adjacent to an activating group) is 1. The normalized spacial score (nSPS) is 18.2. The van der Waals surface area contributed by atoms with Crippen molar-refractivity contribution in [2.75, 3.05) is 45.5 Å². The van der Waals surface area contributed by atoms with Gasteiger partial charge in [0.15, 0.2) is 5.82 Å². The van der Waals surface area contributed by atoms with Crippen molar-refractivity contribution in [3.05, 3.63) is 94.6 Å². The molecule has 0 radical (unpaired) electrons. The van der Waals surface area contributed by atoms with Gasteiger partial charge in [-0.05, 0) is 59.7 Å². The highest BCUT2D eigenvalue weighted by molar-refractivity contribution is 6.31. The van der Waals surface area contributed by atoms with Crippen molar-refractivity contribution in [1.82, 2.24) is 35.6 Å². The first-order valence-electron chi connectivity index (χ1n) is 17.2. The maximum absolute atomic E-state index is 13.6. The maximum atomic E-state index is 13.6. The number of hydrogen-bond donors (Lipinski definition) is 5. The Morgan fingerprint density at radius 3 is 2.47 bits per heavy atom. The summed E-state index contributed by atoms with van der Waals surface area (Å²) in [6.07, 6.45) is 4.41. The molecule has 266 valence electrons. The van der Waals surface area contributed by atoms with Crippen molar-refractivity contribution in [1.29, 1.82) is 0 Å². The van der Waals surface area contributed by atoms with E-state index in [9.17, 15) is 19.2 Å². The molecule has 3 atom stereocenters. The van der Waals surface area contributed by atoms with E-state index in [-0.39, 0.29) is 55.0 Å². The molecule has 0 spiro atoms. The number of benzene rings is 3. The molecule has 0 aliphatic carbocycles. The number of aromatic nitrogens is 3. The maximum Gasteiger partial charge on any atom is 0.253 e. The Balaban J connectivity index is 0.000000435. The van der Waals surface area contributed by atoms with E-state index in [2.05, 4.69) is 63.1 Å². The SMILES string of the molecule is CCCc1ccccc1.CNC(=O)CNC(=O)C1CN(C(=O)Cc2c[nH]c3cc(Cl)ccc23)CC2CN(C(=O)c3ccc4c(N)n[nH]c4c3)CC21. The average Bonchev–Trinajstić information content (AvgIpc) is 3.86. The van der Waals surface area contributed by atoms with Crippen LogP contribution in [0.1, 0.15) is 34.8 Å². The molecule has 2 aliphatic heterocycles. The van der Waals surface area contributed by atoms with Crippen LogP contribution in [0.15, 0.2) is 72.9 Å². The Bertz CT molecular complexity index is 2040. The van der Waals surface area contributed by atoms with Gasteiger partial charge in [0, 0.05) is 66.3 Å². The van der Waals surface area contributed by atoms with Gasteiger partial charge in [-0.2, -0.15) is 5.10 Å². The summed E-state index contributed by atoms with van der Waals surface area (Å²) < 4.78 is 0. The summed E-state index contributed by atoms with van der Waals surface area (Å²) in [5, 5.41) is 14.3. The Morgan fingerprint density at radius 2 is 1.71 bits per heavy atom. The van der Waals surface area contributed by atoms with E-state index in [1.54, 1.807) is 40.3 Å². The fourth-order valence-electron chi connectivity index (χ4n) is 7.18. The third-order valence-electron chi connectivity index (χ3n) is 9.85. The summed E-state index contributed by atoms with van der Waals surface area (Å²) in [7, 11) is 1.50. The van der Waals surface area contributed by atoms with Crippen LogP contribution < -0.4 is 16.4 Å². The smallest absolute Gasteiger partial charge is 0.253 e. The molecule has 4 amide bonds. The van der Waals surface area contributed by atoms with E-state index in [0.717, 1.165) is 21.9 Å². The molecule has 2 fully saturated rings. The van der Waals surface area contributed by atoms with Crippen molar-refractivity contribution in [2.45, 2.75) is 26.2 Å². The molecular formula is C38H43ClN8O4. The van der Waals surface area contributed by atoms with Crippen LogP contribution in [0.5, 0.6) is 0 Å². The van der Waals surface area contributed by atoms with Gasteiger partial charge in [0.25, 0.3) is 5.91 Å². The molecule has 2 aromatic heterocycles. The molecule has 3 aromatic carbocycles. The highest BCUT2D eigenvalue weighted by Gasteiger charge is 2.47. The molecule has 12 nitrogen and oxygen atoms in total. The second-order valence-corrected chi connectivity index (χ2v) is 13.7. The number of nitrogen functional groups attached to an aromatic ring is 1. The topological polar surface area (TPSA) is 169 Å². The Labute approximate surface area is 301 Å². The van der Waals surface area contributed by atoms with E-state index < -0.39 is 5.92 Å². The lowest BCUT2D eigenvalue weighted by Gasteiger charge is -2.39. The van der Waals surface area contributed by atoms with Crippen LogP contribution in [-0.2, 0) is 27.2 Å². The lowest BCUT2D eigenvalue weighted by atomic mass is 9.79. The van der Waals surface area contributed by atoms with E-state index in [4.69, 9.17) is 17.3 Å². The number of nitrogens with one attached hydrogen (secondary N) is 4. The Morgan fingerprint density at radius 1 is 0.941 bits per heavy atom. The van der Waals surface area contributed by atoms with Crippen LogP contribution >= 0.6 is 11.6 Å². The van der Waals surface area contributed by atoms with Gasteiger partial charge in [-0.3, -0.25) is 24.3 Å². The molecule has 0 saturated carbocycles. The number of hydrogen-bond acceptors (Lipinski definition) is 6. The fourth-order valence-corrected chi connectivity index (χ4v) is 7.35. The molecule has 6 N–H and O–H groups in total. The van der Waals surface area contributed by atoms with Gasteiger partial charge in [0.05, 0.1) is 24.4 Å². The van der Waals surface area contributed by atoms with Crippen molar-refractivity contribution in [2.24, 2.45) is 17.8 Å². The van der Waals surface area contributed by atoms with Gasteiger partial charge in [0.2, 0.25) is 17.7 Å². The highest BCUT2D eigenvalue weighted by Crippen LogP contribution is 2.37. The predicted octanol–water partition coefficient (Wildman–Crippen LogP) is 4.17. The zero-order valence-electron chi connectivity index (χ0n) is 28.7. The lowest BCUT2D eigenvalue weighted by Crippen LogP contribution is -2.54. The third kappa shape index (κ3) is 8.01. The standard InChI is InChI=1S/C29H31ClN8O4.C9H12/c1-32-25(39)10-34-28(41)22-14-37(26(40)7-16-9-33-23-8-18(30)3-5-19(16)23)11-17-12-38(13-21(17)22)29(42)15-2-4-20-24(6-15)35-36-27(20)31;1-2-6-9-7-4-3-5-8-9/h2-6,8-9,17,21-22,33H,7,10-14H2,1H3,(H,32,39)(H,34,41)(H3,31,35,36);3-5,7-8H,2,6H2,1H3. The van der Waals surface area contributed by atoms with Gasteiger partial charge in [0.1, 0.15) is 0 Å². The molecule has 3 unspecified atom stereocenters. The van der Waals surface area contributed by atoms with Crippen molar-refractivity contribution < 1.29 is 19.2 Å². The number of nitrogens with two attached hydrogens (primary N) is 1. The number of rotatable bonds is 8. The summed E-state index contributed by atoms with van der Waals surface area (Å²) in [4.78, 5) is 59.0. The number of nitrogens with zero attached hydrogens (tertiary/aromatic N) is 3. The molecule has 5 aromatic rings. The molecule has 7 rings (SSSR count). The minimum absolute atomic E-state index is 0.101. The number of amides is 4. The van der Waals surface area contributed by atoms with Gasteiger partial charge < -0.3 is 31.2 Å². The van der Waals surface area contributed by atoms with Gasteiger partial charge in [-0.25, -0.2) is 0 Å². The second-order valence-electron chi connectivity index (χ2n) is 13.2. The van der Waals surface area contributed by atoms with Gasteiger partial charge in [-0.1, -0.05) is 61.3 Å². The third-order valence-corrected chi connectivity index (χ3v) is 10.1. The Kier molecular flexibility index (Phi) is 10.9. The quantitative estimate of drug-likeness (QED) is 0.162. The minimum Gasteiger partial charge on any atom is -0.382 e. The largest absolute Gasteiger partial charge is 0.382 e. The summed E-state index contributed by atoms with van der Waals surface area (Å²) in [6.45, 7) is 3.45. The number of fused-ring (bicyclic) bond motifs is 3. The molecule has 51 heavy (non-hydrogen) atoms. The number of carbonyl (C=O) groups is 4. The number of piperidine rings is 1. The van der Waals surface area contributed by atoms with E-state index in [1.807, 2.05) is 12.1 Å². The van der Waals surface area contributed by atoms with Crippen molar-refractivity contribution in [3.63, 3.8) is 0 Å². The number of carbonyl (C=O) groups excluding carboxylic acids is 4. The lowest BCUT2D eigenvalue weighted by molar-refractivity contribution is -0.139. The molecule has 0 bridgehead atoms. The number of aryl methyl sites for hydroxylation is 1. The average molecular weight is 711 g/mol. The molecule has 2 saturated heterocycles. The van der Waals surface area contributed by atoms with Crippen LogP contribution in [0.4, 0.5) is 5.82 Å². The second kappa shape index (κ2) is 15.7. The molecule has 4 heterocycles. The summed E-state index contributed by atoms with van der Waals surface area (Å²) in [5.74, 6) is -1.38. The number of likely N-dealkylation sites (tertiary alicyclic amines) is 2. The van der Waals surface area contributed by atoms with Crippen molar-refractivity contribution >= 4 is 62.9 Å².